The molecule has 0 spiro atoms. The molecule has 2 aromatic heterocycles. The predicted octanol–water partition coefficient (Wildman–Crippen LogP) is 2.82. The summed E-state index contributed by atoms with van der Waals surface area (Å²) in [6, 6.07) is 4.72. The van der Waals surface area contributed by atoms with Gasteiger partial charge in [-0.05, 0) is 52.3 Å². The van der Waals surface area contributed by atoms with E-state index in [2.05, 4.69) is 46.2 Å². The quantitative estimate of drug-likeness (QED) is 0.847. The average molecular weight is 352 g/mol. The fourth-order valence-electron chi connectivity index (χ4n) is 4.27. The number of aromatic nitrogens is 3. The highest BCUT2D eigenvalue weighted by molar-refractivity contribution is 5.61. The standard InChI is InChI=1S/C20H28N6/c1-14-9-19(18(10-21)15(2)23-14)25(4)12-16-7-6-8-24(3)20(16)17-11-22-26(5)13-17/h9,11,13,16,20H,6-8,12H2,1-5H3/t16-,20+/m0/s1. The Morgan fingerprint density at radius 1 is 1.35 bits per heavy atom. The van der Waals surface area contributed by atoms with Crippen LogP contribution in [0.4, 0.5) is 5.69 Å². The summed E-state index contributed by atoms with van der Waals surface area (Å²) in [5.41, 5.74) is 4.69. The van der Waals surface area contributed by atoms with Crippen molar-refractivity contribution in [3.63, 3.8) is 0 Å². The SMILES string of the molecule is Cc1cc(N(C)C[C@@H]2CCCN(C)[C@H]2c2cnn(C)c2)c(C#N)c(C)n1. The zero-order valence-corrected chi connectivity index (χ0v) is 16.4. The third-order valence-corrected chi connectivity index (χ3v) is 5.41. The first kappa shape index (κ1) is 18.4. The number of nitrogens with zero attached hydrogens (tertiary/aromatic N) is 6. The third kappa shape index (κ3) is 3.58. The van der Waals surface area contributed by atoms with Gasteiger partial charge in [-0.1, -0.05) is 0 Å². The molecule has 3 rings (SSSR count). The van der Waals surface area contributed by atoms with E-state index < -0.39 is 0 Å². The van der Waals surface area contributed by atoms with Crippen LogP contribution in [0.1, 0.15) is 41.4 Å². The normalized spacial score (nSPS) is 20.8. The highest BCUT2D eigenvalue weighted by Crippen LogP contribution is 2.36. The molecule has 0 aliphatic carbocycles. The highest BCUT2D eigenvalue weighted by Gasteiger charge is 2.32. The van der Waals surface area contributed by atoms with Crippen molar-refractivity contribution in [2.24, 2.45) is 13.0 Å². The molecule has 1 aliphatic heterocycles. The van der Waals surface area contributed by atoms with E-state index in [-0.39, 0.29) is 0 Å². The van der Waals surface area contributed by atoms with Gasteiger partial charge in [0, 0.05) is 44.1 Å². The molecule has 0 bridgehead atoms. The lowest BCUT2D eigenvalue weighted by Crippen LogP contribution is -2.41. The number of hydrogen-bond acceptors (Lipinski definition) is 5. The second kappa shape index (κ2) is 7.46. The van der Waals surface area contributed by atoms with E-state index in [9.17, 15) is 5.26 Å². The zero-order chi connectivity index (χ0) is 18.8. The summed E-state index contributed by atoms with van der Waals surface area (Å²) in [4.78, 5) is 9.11. The van der Waals surface area contributed by atoms with Gasteiger partial charge in [0.25, 0.3) is 0 Å². The fourth-order valence-corrected chi connectivity index (χ4v) is 4.27. The van der Waals surface area contributed by atoms with E-state index in [1.54, 1.807) is 0 Å². The number of pyridine rings is 1. The molecule has 3 heterocycles. The van der Waals surface area contributed by atoms with Gasteiger partial charge in [0.1, 0.15) is 6.07 Å². The number of likely N-dealkylation sites (tertiary alicyclic amines) is 1. The van der Waals surface area contributed by atoms with Gasteiger partial charge in [0.15, 0.2) is 0 Å². The highest BCUT2D eigenvalue weighted by atomic mass is 15.3. The molecular weight excluding hydrogens is 324 g/mol. The largest absolute Gasteiger partial charge is 0.373 e. The van der Waals surface area contributed by atoms with Crippen LogP contribution in [0.5, 0.6) is 0 Å². The van der Waals surface area contributed by atoms with Crippen molar-refractivity contribution in [2.75, 3.05) is 32.1 Å². The Hall–Kier alpha value is -2.39. The number of rotatable bonds is 4. The molecule has 26 heavy (non-hydrogen) atoms. The first-order chi connectivity index (χ1) is 12.4. The van der Waals surface area contributed by atoms with Crippen LogP contribution in [-0.2, 0) is 7.05 Å². The maximum absolute atomic E-state index is 9.58. The maximum atomic E-state index is 9.58. The van der Waals surface area contributed by atoms with Crippen LogP contribution in [0.15, 0.2) is 18.5 Å². The van der Waals surface area contributed by atoms with Crippen molar-refractivity contribution in [3.8, 4) is 6.07 Å². The third-order valence-electron chi connectivity index (χ3n) is 5.41. The fraction of sp³-hybridized carbons (Fsp3) is 0.550. The molecule has 0 amide bonds. The van der Waals surface area contributed by atoms with E-state index in [0.717, 1.165) is 30.2 Å². The summed E-state index contributed by atoms with van der Waals surface area (Å²) in [7, 11) is 6.25. The van der Waals surface area contributed by atoms with Crippen LogP contribution in [0.25, 0.3) is 0 Å². The number of piperidine rings is 1. The zero-order valence-electron chi connectivity index (χ0n) is 16.4. The Kier molecular flexibility index (Phi) is 5.28. The minimum absolute atomic E-state index is 0.356. The van der Waals surface area contributed by atoms with Gasteiger partial charge >= 0.3 is 0 Å². The second-order valence-electron chi connectivity index (χ2n) is 7.51. The van der Waals surface area contributed by atoms with E-state index in [1.165, 1.54) is 18.4 Å². The topological polar surface area (TPSA) is 61.0 Å². The first-order valence-corrected chi connectivity index (χ1v) is 9.19. The number of anilines is 1. The van der Waals surface area contributed by atoms with Gasteiger partial charge in [-0.2, -0.15) is 10.4 Å². The molecule has 0 unspecified atom stereocenters. The van der Waals surface area contributed by atoms with Crippen LogP contribution in [0, 0.1) is 31.1 Å². The first-order valence-electron chi connectivity index (χ1n) is 9.19. The summed E-state index contributed by atoms with van der Waals surface area (Å²) in [5.74, 6) is 0.489. The minimum atomic E-state index is 0.356. The van der Waals surface area contributed by atoms with Gasteiger partial charge in [0.05, 0.1) is 23.1 Å². The van der Waals surface area contributed by atoms with E-state index >= 15 is 0 Å². The second-order valence-corrected chi connectivity index (χ2v) is 7.51. The molecule has 1 fully saturated rings. The predicted molar refractivity (Wildman–Crippen MR) is 103 cm³/mol. The van der Waals surface area contributed by atoms with Gasteiger partial charge in [0.2, 0.25) is 0 Å². The lowest BCUT2D eigenvalue weighted by molar-refractivity contribution is 0.124. The van der Waals surface area contributed by atoms with Gasteiger partial charge in [-0.25, -0.2) is 0 Å². The summed E-state index contributed by atoms with van der Waals surface area (Å²) >= 11 is 0. The Morgan fingerprint density at radius 2 is 2.12 bits per heavy atom. The van der Waals surface area contributed by atoms with Gasteiger partial charge in [-0.15, -0.1) is 0 Å². The van der Waals surface area contributed by atoms with E-state index in [1.807, 2.05) is 37.8 Å². The van der Waals surface area contributed by atoms with E-state index in [4.69, 9.17) is 0 Å². The monoisotopic (exact) mass is 352 g/mol. The number of nitriles is 1. The molecule has 0 N–H and O–H groups in total. The number of aryl methyl sites for hydroxylation is 3. The average Bonchev–Trinajstić information content (AvgIpc) is 3.00. The molecule has 0 aromatic carbocycles. The lowest BCUT2D eigenvalue weighted by atomic mass is 9.85. The van der Waals surface area contributed by atoms with Crippen LogP contribution in [0.2, 0.25) is 0 Å². The van der Waals surface area contributed by atoms with Crippen molar-refractivity contribution in [1.82, 2.24) is 19.7 Å². The molecule has 6 nitrogen and oxygen atoms in total. The molecule has 2 atom stereocenters. The van der Waals surface area contributed by atoms with Gasteiger partial charge < -0.3 is 4.90 Å². The number of hydrogen-bond donors (Lipinski definition) is 0. The van der Waals surface area contributed by atoms with Gasteiger partial charge in [-0.3, -0.25) is 14.6 Å². The van der Waals surface area contributed by atoms with Crippen LogP contribution in [0.3, 0.4) is 0 Å². The summed E-state index contributed by atoms with van der Waals surface area (Å²) < 4.78 is 1.88. The molecular formula is C20H28N6. The van der Waals surface area contributed by atoms with Crippen molar-refractivity contribution in [3.05, 3.63) is 41.0 Å². The molecule has 6 heteroatoms. The van der Waals surface area contributed by atoms with Crippen molar-refractivity contribution < 1.29 is 0 Å². The van der Waals surface area contributed by atoms with Crippen LogP contribution >= 0.6 is 0 Å². The summed E-state index contributed by atoms with van der Waals surface area (Å²) in [6.07, 6.45) is 6.49. The van der Waals surface area contributed by atoms with Crippen LogP contribution < -0.4 is 4.90 Å². The molecule has 138 valence electrons. The van der Waals surface area contributed by atoms with E-state index in [0.29, 0.717) is 17.5 Å². The Balaban J connectivity index is 1.88. The Labute approximate surface area is 156 Å². The van der Waals surface area contributed by atoms with Crippen LogP contribution in [-0.4, -0.2) is 46.8 Å². The Bertz CT molecular complexity index is 818. The Morgan fingerprint density at radius 3 is 2.77 bits per heavy atom. The molecule has 1 aliphatic rings. The smallest absolute Gasteiger partial charge is 0.103 e. The molecule has 2 aromatic rings. The lowest BCUT2D eigenvalue weighted by Gasteiger charge is -2.41. The summed E-state index contributed by atoms with van der Waals surface area (Å²) in [5, 5.41) is 14.0. The summed E-state index contributed by atoms with van der Waals surface area (Å²) in [6.45, 7) is 5.91. The van der Waals surface area contributed by atoms with Crippen molar-refractivity contribution >= 4 is 5.69 Å². The van der Waals surface area contributed by atoms with Crippen molar-refractivity contribution in [2.45, 2.75) is 32.7 Å². The van der Waals surface area contributed by atoms with Crippen molar-refractivity contribution in [1.29, 1.82) is 5.26 Å². The molecule has 0 radical (unpaired) electrons. The maximum Gasteiger partial charge on any atom is 0.103 e. The molecule has 0 saturated carbocycles. The molecule has 1 saturated heterocycles. The minimum Gasteiger partial charge on any atom is -0.373 e.